The number of thiazole rings is 1. The molecule has 8 heteroatoms. The van der Waals surface area contributed by atoms with Crippen molar-refractivity contribution in [2.45, 2.75) is 20.3 Å². The normalized spacial score (nSPS) is 10.9. The van der Waals surface area contributed by atoms with E-state index in [1.807, 2.05) is 60.4 Å². The van der Waals surface area contributed by atoms with Crippen LogP contribution in [0.25, 0.3) is 16.4 Å². The lowest BCUT2D eigenvalue weighted by Gasteiger charge is -2.17. The monoisotopic (exact) mass is 421 g/mol. The molecule has 7 nitrogen and oxygen atoms in total. The number of ether oxygens (including phenoxy) is 1. The topological polar surface area (TPSA) is 85.1 Å². The molecule has 0 aliphatic carbocycles. The summed E-state index contributed by atoms with van der Waals surface area (Å²) in [5.41, 5.74) is 5.42. The molecule has 4 rings (SSSR count). The lowest BCUT2D eigenvalue weighted by Crippen LogP contribution is -2.09. The Hall–Kier alpha value is -3.23. The van der Waals surface area contributed by atoms with Crippen molar-refractivity contribution in [2.24, 2.45) is 0 Å². The number of aliphatic hydroxyl groups is 1. The molecule has 3 heterocycles. The number of nitrogens with one attached hydrogen (secondary N) is 1. The molecule has 0 fully saturated rings. The van der Waals surface area contributed by atoms with E-state index in [2.05, 4.69) is 10.3 Å². The number of aromatic nitrogens is 4. The van der Waals surface area contributed by atoms with Gasteiger partial charge in [0, 0.05) is 47.7 Å². The number of pyridine rings is 1. The van der Waals surface area contributed by atoms with Crippen LogP contribution in [-0.4, -0.2) is 38.6 Å². The van der Waals surface area contributed by atoms with Crippen LogP contribution >= 0.6 is 11.3 Å². The molecule has 1 aromatic carbocycles. The Kier molecular flexibility index (Phi) is 5.78. The highest BCUT2D eigenvalue weighted by atomic mass is 32.1. The van der Waals surface area contributed by atoms with E-state index in [0.717, 1.165) is 44.6 Å². The van der Waals surface area contributed by atoms with Crippen LogP contribution in [0.15, 0.2) is 48.1 Å². The van der Waals surface area contributed by atoms with Crippen LogP contribution in [0.4, 0.5) is 11.5 Å². The second-order valence-corrected chi connectivity index (χ2v) is 7.77. The van der Waals surface area contributed by atoms with Gasteiger partial charge in [-0.05, 0) is 49.7 Å². The molecule has 0 radical (unpaired) electrons. The Bertz CT molecular complexity index is 1150. The number of anilines is 2. The Morgan fingerprint density at radius 1 is 1.20 bits per heavy atom. The predicted molar refractivity (Wildman–Crippen MR) is 119 cm³/mol. The van der Waals surface area contributed by atoms with Gasteiger partial charge < -0.3 is 15.2 Å². The number of nitrogens with zero attached hydrogens (tertiary/aromatic N) is 4. The molecule has 0 bridgehead atoms. The molecule has 0 spiro atoms. The first-order chi connectivity index (χ1) is 14.6. The summed E-state index contributed by atoms with van der Waals surface area (Å²) >= 11 is 1.55. The zero-order chi connectivity index (χ0) is 21.1. The van der Waals surface area contributed by atoms with Crippen molar-refractivity contribution >= 4 is 22.8 Å². The number of aryl methyl sites for hydroxylation is 2. The maximum Gasteiger partial charge on any atom is 0.143 e. The van der Waals surface area contributed by atoms with Crippen LogP contribution in [0.1, 0.15) is 16.8 Å². The van der Waals surface area contributed by atoms with Gasteiger partial charge in [-0.25, -0.2) is 14.6 Å². The van der Waals surface area contributed by atoms with Gasteiger partial charge in [-0.15, -0.1) is 11.3 Å². The van der Waals surface area contributed by atoms with E-state index in [-0.39, 0.29) is 6.61 Å². The fourth-order valence-corrected chi connectivity index (χ4v) is 3.90. The highest BCUT2D eigenvalue weighted by Gasteiger charge is 2.16. The van der Waals surface area contributed by atoms with Crippen LogP contribution in [-0.2, 0) is 6.42 Å². The molecule has 30 heavy (non-hydrogen) atoms. The number of methoxy groups -OCH3 is 1. The molecule has 0 atom stereocenters. The Balaban J connectivity index is 1.76. The maximum atomic E-state index is 9.72. The second-order valence-electron chi connectivity index (χ2n) is 6.87. The molecule has 0 aliphatic rings. The Labute approximate surface area is 179 Å². The largest absolute Gasteiger partial charge is 0.497 e. The minimum atomic E-state index is 0.00855. The summed E-state index contributed by atoms with van der Waals surface area (Å²) in [4.78, 5) is 9.04. The molecule has 0 saturated carbocycles. The van der Waals surface area contributed by atoms with E-state index >= 15 is 0 Å². The molecule has 0 saturated heterocycles. The smallest absolute Gasteiger partial charge is 0.143 e. The molecule has 0 aliphatic heterocycles. The molecule has 3 aromatic heterocycles. The minimum Gasteiger partial charge on any atom is -0.497 e. The van der Waals surface area contributed by atoms with Crippen molar-refractivity contribution in [3.63, 3.8) is 0 Å². The van der Waals surface area contributed by atoms with Crippen molar-refractivity contribution in [1.82, 2.24) is 19.7 Å². The first kappa shape index (κ1) is 20.1. The van der Waals surface area contributed by atoms with Gasteiger partial charge in [-0.3, -0.25) is 0 Å². The van der Waals surface area contributed by atoms with Gasteiger partial charge >= 0.3 is 0 Å². The van der Waals surface area contributed by atoms with Gasteiger partial charge in [-0.2, -0.15) is 5.10 Å². The van der Waals surface area contributed by atoms with Crippen molar-refractivity contribution in [3.05, 3.63) is 64.9 Å². The Morgan fingerprint density at radius 3 is 2.77 bits per heavy atom. The zero-order valence-electron chi connectivity index (χ0n) is 17.1. The number of benzene rings is 1. The highest BCUT2D eigenvalue weighted by molar-refractivity contribution is 7.13. The predicted octanol–water partition coefficient (Wildman–Crippen LogP) is 4.29. The highest BCUT2D eigenvalue weighted by Crippen LogP contribution is 2.30. The number of aliphatic hydroxyl groups excluding tert-OH is 1. The fraction of sp³-hybridized carbons (Fsp3) is 0.227. The van der Waals surface area contributed by atoms with Gasteiger partial charge in [0.15, 0.2) is 0 Å². The van der Waals surface area contributed by atoms with Gasteiger partial charge in [0.1, 0.15) is 22.3 Å². The summed E-state index contributed by atoms with van der Waals surface area (Å²) in [5.74, 6) is 1.51. The quantitative estimate of drug-likeness (QED) is 0.463. The SMILES string of the molecule is COc1ccc(Nc2nc(C)cc(-n3ccc(-c4nccs4)n3)c2CCO)c(C)c1. The van der Waals surface area contributed by atoms with E-state index in [4.69, 9.17) is 14.8 Å². The van der Waals surface area contributed by atoms with E-state index in [9.17, 15) is 5.11 Å². The fourth-order valence-electron chi connectivity index (χ4n) is 3.30. The van der Waals surface area contributed by atoms with Gasteiger partial charge in [0.2, 0.25) is 0 Å². The molecule has 0 amide bonds. The van der Waals surface area contributed by atoms with Crippen molar-refractivity contribution in [3.8, 4) is 22.1 Å². The Morgan fingerprint density at radius 2 is 2.07 bits per heavy atom. The van der Waals surface area contributed by atoms with Crippen LogP contribution in [0.5, 0.6) is 5.75 Å². The molecular weight excluding hydrogens is 398 g/mol. The summed E-state index contributed by atoms with van der Waals surface area (Å²) < 4.78 is 7.12. The van der Waals surface area contributed by atoms with E-state index in [1.54, 1.807) is 24.6 Å². The van der Waals surface area contributed by atoms with Gasteiger partial charge in [0.25, 0.3) is 0 Å². The van der Waals surface area contributed by atoms with Gasteiger partial charge in [0.05, 0.1) is 12.8 Å². The van der Waals surface area contributed by atoms with Crippen molar-refractivity contribution in [2.75, 3.05) is 19.0 Å². The first-order valence-corrected chi connectivity index (χ1v) is 10.5. The summed E-state index contributed by atoms with van der Waals surface area (Å²) in [7, 11) is 1.65. The molecule has 154 valence electrons. The number of hydrogen-bond acceptors (Lipinski definition) is 7. The van der Waals surface area contributed by atoms with Crippen molar-refractivity contribution < 1.29 is 9.84 Å². The lowest BCUT2D eigenvalue weighted by molar-refractivity contribution is 0.299. The van der Waals surface area contributed by atoms with E-state index < -0.39 is 0 Å². The zero-order valence-corrected chi connectivity index (χ0v) is 17.9. The third-order valence-electron chi connectivity index (χ3n) is 4.76. The molecular formula is C22H23N5O2S. The summed E-state index contributed by atoms with van der Waals surface area (Å²) in [6.45, 7) is 3.97. The average molecular weight is 422 g/mol. The summed E-state index contributed by atoms with van der Waals surface area (Å²) in [6, 6.07) is 9.77. The van der Waals surface area contributed by atoms with Crippen LogP contribution in [0.3, 0.4) is 0 Å². The summed E-state index contributed by atoms with van der Waals surface area (Å²) in [6.07, 6.45) is 4.13. The standard InChI is InChI=1S/C22H23N5O2S/c1-14-12-16(29-3)4-5-18(14)25-21-17(7-10-28)20(13-15(2)24-21)27-9-6-19(26-27)22-23-8-11-30-22/h4-6,8-9,11-13,28H,7,10H2,1-3H3,(H,24,25). The molecule has 0 unspecified atom stereocenters. The number of hydrogen-bond donors (Lipinski definition) is 2. The first-order valence-electron chi connectivity index (χ1n) is 9.58. The van der Waals surface area contributed by atoms with Crippen LogP contribution in [0.2, 0.25) is 0 Å². The molecule has 4 aromatic rings. The molecule has 2 N–H and O–H groups in total. The second kappa shape index (κ2) is 8.64. The minimum absolute atomic E-state index is 0.00855. The van der Waals surface area contributed by atoms with E-state index in [1.165, 1.54) is 0 Å². The van der Waals surface area contributed by atoms with E-state index in [0.29, 0.717) is 12.2 Å². The summed E-state index contributed by atoms with van der Waals surface area (Å²) in [5, 5.41) is 20.7. The van der Waals surface area contributed by atoms with Gasteiger partial charge in [-0.1, -0.05) is 0 Å². The van der Waals surface area contributed by atoms with Crippen LogP contribution in [0, 0.1) is 13.8 Å². The third-order valence-corrected chi connectivity index (χ3v) is 5.56. The average Bonchev–Trinajstić information content (AvgIpc) is 3.43. The third kappa shape index (κ3) is 4.05. The lowest BCUT2D eigenvalue weighted by atomic mass is 10.1. The maximum absolute atomic E-state index is 9.72. The van der Waals surface area contributed by atoms with Crippen LogP contribution < -0.4 is 10.1 Å². The number of rotatable bonds is 7. The van der Waals surface area contributed by atoms with Crippen molar-refractivity contribution in [1.29, 1.82) is 0 Å².